The predicted octanol–water partition coefficient (Wildman–Crippen LogP) is 2.84. The minimum Gasteiger partial charge on any atom is -0.508 e. The summed E-state index contributed by atoms with van der Waals surface area (Å²) in [7, 11) is -3.62. The molecule has 0 aliphatic heterocycles. The Balaban J connectivity index is 2.40. The largest absolute Gasteiger partial charge is 0.508 e. The summed E-state index contributed by atoms with van der Waals surface area (Å²) in [6, 6.07) is 11.6. The van der Waals surface area contributed by atoms with Crippen LogP contribution in [0.5, 0.6) is 5.75 Å². The Labute approximate surface area is 124 Å². The highest BCUT2D eigenvalue weighted by Crippen LogP contribution is 2.27. The highest BCUT2D eigenvalue weighted by Gasteiger charge is 2.22. The number of phenolic OH excluding ortho intramolecular Hbond substituents is 1. The van der Waals surface area contributed by atoms with E-state index in [0.29, 0.717) is 12.0 Å². The molecule has 0 amide bonds. The standard InChI is InChI=1S/C16H18O4S/c1-3-16(2,18)12-4-8-14(9-5-12)21(19,20)15-10-6-13(17)7-11-15/h4-11,17-18H,3H2,1-2H3. The van der Waals surface area contributed by atoms with E-state index >= 15 is 0 Å². The molecule has 0 radical (unpaired) electrons. The van der Waals surface area contributed by atoms with Crippen molar-refractivity contribution in [3.63, 3.8) is 0 Å². The van der Waals surface area contributed by atoms with Crippen molar-refractivity contribution in [2.24, 2.45) is 0 Å². The van der Waals surface area contributed by atoms with Gasteiger partial charge in [0.1, 0.15) is 5.75 Å². The first kappa shape index (κ1) is 15.5. The van der Waals surface area contributed by atoms with E-state index in [-0.39, 0.29) is 15.5 Å². The molecule has 0 aliphatic carbocycles. The fraction of sp³-hybridized carbons (Fsp3) is 0.250. The number of aliphatic hydroxyl groups is 1. The second-order valence-electron chi connectivity index (χ2n) is 5.15. The lowest BCUT2D eigenvalue weighted by atomic mass is 9.94. The Kier molecular flexibility index (Phi) is 4.07. The average molecular weight is 306 g/mol. The van der Waals surface area contributed by atoms with E-state index < -0.39 is 15.4 Å². The van der Waals surface area contributed by atoms with E-state index in [2.05, 4.69) is 0 Å². The normalized spacial score (nSPS) is 14.6. The minimum atomic E-state index is -3.62. The van der Waals surface area contributed by atoms with Crippen LogP contribution in [-0.2, 0) is 15.4 Å². The van der Waals surface area contributed by atoms with Gasteiger partial charge < -0.3 is 10.2 Å². The fourth-order valence-corrected chi connectivity index (χ4v) is 3.22. The summed E-state index contributed by atoms with van der Waals surface area (Å²) in [5, 5.41) is 19.4. The highest BCUT2D eigenvalue weighted by atomic mass is 32.2. The molecule has 0 aromatic heterocycles. The molecule has 5 heteroatoms. The van der Waals surface area contributed by atoms with Gasteiger partial charge in [-0.1, -0.05) is 19.1 Å². The van der Waals surface area contributed by atoms with Crippen molar-refractivity contribution in [2.75, 3.05) is 0 Å². The third-order valence-corrected chi connectivity index (χ3v) is 5.41. The predicted molar refractivity (Wildman–Crippen MR) is 79.9 cm³/mol. The topological polar surface area (TPSA) is 74.6 Å². The third-order valence-electron chi connectivity index (χ3n) is 3.62. The second-order valence-corrected chi connectivity index (χ2v) is 7.10. The van der Waals surface area contributed by atoms with Crippen LogP contribution in [0.1, 0.15) is 25.8 Å². The summed E-state index contributed by atoms with van der Waals surface area (Å²) in [4.78, 5) is 0.277. The van der Waals surface area contributed by atoms with E-state index in [0.717, 1.165) is 0 Å². The summed E-state index contributed by atoms with van der Waals surface area (Å²) in [6.45, 7) is 3.55. The molecule has 0 aliphatic rings. The van der Waals surface area contributed by atoms with Gasteiger partial charge in [-0.2, -0.15) is 0 Å². The van der Waals surface area contributed by atoms with Gasteiger partial charge in [0, 0.05) is 0 Å². The van der Waals surface area contributed by atoms with Gasteiger partial charge in [0.2, 0.25) is 9.84 Å². The van der Waals surface area contributed by atoms with Crippen LogP contribution in [-0.4, -0.2) is 18.6 Å². The molecule has 2 aromatic rings. The van der Waals surface area contributed by atoms with Gasteiger partial charge in [0.15, 0.2) is 0 Å². The zero-order valence-corrected chi connectivity index (χ0v) is 12.8. The molecular formula is C16H18O4S. The Morgan fingerprint density at radius 1 is 0.952 bits per heavy atom. The lowest BCUT2D eigenvalue weighted by Gasteiger charge is -2.22. The van der Waals surface area contributed by atoms with Crippen molar-refractivity contribution < 1.29 is 18.6 Å². The molecule has 0 heterocycles. The Morgan fingerprint density at radius 2 is 1.38 bits per heavy atom. The number of hydrogen-bond donors (Lipinski definition) is 2. The van der Waals surface area contributed by atoms with Crippen molar-refractivity contribution in [3.8, 4) is 5.75 Å². The van der Waals surface area contributed by atoms with Gasteiger partial charge in [0.05, 0.1) is 15.4 Å². The van der Waals surface area contributed by atoms with Crippen LogP contribution >= 0.6 is 0 Å². The zero-order valence-electron chi connectivity index (χ0n) is 11.9. The van der Waals surface area contributed by atoms with Gasteiger partial charge >= 0.3 is 0 Å². The van der Waals surface area contributed by atoms with Crippen LogP contribution in [0.2, 0.25) is 0 Å². The van der Waals surface area contributed by atoms with Crippen LogP contribution in [0.15, 0.2) is 58.3 Å². The van der Waals surface area contributed by atoms with Crippen molar-refractivity contribution in [3.05, 3.63) is 54.1 Å². The first-order valence-electron chi connectivity index (χ1n) is 6.64. The minimum absolute atomic E-state index is 0.0169. The third kappa shape index (κ3) is 3.09. The summed E-state index contributed by atoms with van der Waals surface area (Å²) in [5.74, 6) is 0.0169. The molecule has 2 aromatic carbocycles. The van der Waals surface area contributed by atoms with E-state index in [1.54, 1.807) is 19.1 Å². The molecule has 2 rings (SSSR count). The molecule has 0 bridgehead atoms. The van der Waals surface area contributed by atoms with Gasteiger partial charge in [-0.3, -0.25) is 0 Å². The van der Waals surface area contributed by atoms with Crippen molar-refractivity contribution in [1.29, 1.82) is 0 Å². The molecule has 1 unspecified atom stereocenters. The lowest BCUT2D eigenvalue weighted by molar-refractivity contribution is 0.0530. The molecule has 4 nitrogen and oxygen atoms in total. The first-order valence-corrected chi connectivity index (χ1v) is 8.13. The van der Waals surface area contributed by atoms with Crippen molar-refractivity contribution in [2.45, 2.75) is 35.7 Å². The average Bonchev–Trinajstić information content (AvgIpc) is 2.48. The van der Waals surface area contributed by atoms with Gasteiger partial charge in [-0.05, 0) is 55.3 Å². The molecule has 0 saturated heterocycles. The number of rotatable bonds is 4. The van der Waals surface area contributed by atoms with Crippen LogP contribution in [0, 0.1) is 0 Å². The first-order chi connectivity index (χ1) is 9.77. The van der Waals surface area contributed by atoms with E-state index in [1.807, 2.05) is 6.92 Å². The number of aromatic hydroxyl groups is 1. The molecule has 0 spiro atoms. The quantitative estimate of drug-likeness (QED) is 0.911. The van der Waals surface area contributed by atoms with Crippen molar-refractivity contribution >= 4 is 9.84 Å². The van der Waals surface area contributed by atoms with Gasteiger partial charge in [-0.15, -0.1) is 0 Å². The SMILES string of the molecule is CCC(C)(O)c1ccc(S(=O)(=O)c2ccc(O)cc2)cc1. The number of benzene rings is 2. The highest BCUT2D eigenvalue weighted by molar-refractivity contribution is 7.91. The molecule has 21 heavy (non-hydrogen) atoms. The summed E-state index contributed by atoms with van der Waals surface area (Å²) < 4.78 is 24.9. The second kappa shape index (κ2) is 5.50. The van der Waals surface area contributed by atoms with Crippen LogP contribution < -0.4 is 0 Å². The van der Waals surface area contributed by atoms with Crippen LogP contribution in [0.25, 0.3) is 0 Å². The molecule has 112 valence electrons. The zero-order chi connectivity index (χ0) is 15.7. The van der Waals surface area contributed by atoms with Gasteiger partial charge in [-0.25, -0.2) is 8.42 Å². The number of phenols is 1. The number of sulfone groups is 1. The maximum Gasteiger partial charge on any atom is 0.206 e. The van der Waals surface area contributed by atoms with Crippen molar-refractivity contribution in [1.82, 2.24) is 0 Å². The Hall–Kier alpha value is -1.85. The van der Waals surface area contributed by atoms with E-state index in [1.165, 1.54) is 36.4 Å². The van der Waals surface area contributed by atoms with Crippen LogP contribution in [0.3, 0.4) is 0 Å². The molecule has 0 saturated carbocycles. The maximum atomic E-state index is 12.4. The van der Waals surface area contributed by atoms with Gasteiger partial charge in [0.25, 0.3) is 0 Å². The summed E-state index contributed by atoms with van der Waals surface area (Å²) in [6.07, 6.45) is 0.539. The number of hydrogen-bond acceptors (Lipinski definition) is 4. The smallest absolute Gasteiger partial charge is 0.206 e. The van der Waals surface area contributed by atoms with Crippen LogP contribution in [0.4, 0.5) is 0 Å². The summed E-state index contributed by atoms with van der Waals surface area (Å²) in [5.41, 5.74) is -0.296. The fourth-order valence-electron chi connectivity index (χ4n) is 1.96. The van der Waals surface area contributed by atoms with E-state index in [9.17, 15) is 18.6 Å². The molecule has 0 fully saturated rings. The Bertz CT molecular complexity index is 714. The molecule has 1 atom stereocenters. The van der Waals surface area contributed by atoms with E-state index in [4.69, 9.17) is 0 Å². The monoisotopic (exact) mass is 306 g/mol. The summed E-state index contributed by atoms with van der Waals surface area (Å²) >= 11 is 0. The Morgan fingerprint density at radius 3 is 1.81 bits per heavy atom. The molecule has 2 N–H and O–H groups in total. The molecular weight excluding hydrogens is 288 g/mol. The lowest BCUT2D eigenvalue weighted by Crippen LogP contribution is -2.19. The maximum absolute atomic E-state index is 12.4.